The van der Waals surface area contributed by atoms with Crippen molar-refractivity contribution in [2.75, 3.05) is 21.3 Å². The number of guanidine groups is 1. The molecule has 27 heavy (non-hydrogen) atoms. The summed E-state index contributed by atoms with van der Waals surface area (Å²) in [5.41, 5.74) is 0.322. The number of ether oxygens (including phenoxy) is 2. The quantitative estimate of drug-likeness (QED) is 0.593. The Labute approximate surface area is 156 Å². The predicted octanol–water partition coefficient (Wildman–Crippen LogP) is 3.59. The molecule has 0 spiro atoms. The Kier molecular flexibility index (Phi) is 6.92. The standard InChI is InChI=1S/C19H22F3N3O2/c1-23-18(24-11-13-5-4-6-15(9-13)26-2)25-12-14-7-8-16(27-3)10-17(14)19(20,21)22/h4-10H,11-12H2,1-3H3,(H2,23,24,25). The van der Waals surface area contributed by atoms with Gasteiger partial charge in [-0.1, -0.05) is 18.2 Å². The van der Waals surface area contributed by atoms with E-state index in [1.807, 2.05) is 24.3 Å². The maximum absolute atomic E-state index is 13.3. The molecule has 0 heterocycles. The normalized spacial score (nSPS) is 11.9. The number of benzene rings is 2. The summed E-state index contributed by atoms with van der Waals surface area (Å²) in [6.07, 6.45) is -4.47. The van der Waals surface area contributed by atoms with Crippen molar-refractivity contribution in [1.29, 1.82) is 0 Å². The zero-order chi connectivity index (χ0) is 19.9. The van der Waals surface area contributed by atoms with E-state index in [1.54, 1.807) is 14.2 Å². The van der Waals surface area contributed by atoms with Crippen LogP contribution in [0.4, 0.5) is 13.2 Å². The Hall–Kier alpha value is -2.90. The van der Waals surface area contributed by atoms with Crippen molar-refractivity contribution in [3.63, 3.8) is 0 Å². The van der Waals surface area contributed by atoms with Gasteiger partial charge < -0.3 is 20.1 Å². The predicted molar refractivity (Wildman–Crippen MR) is 98.0 cm³/mol. The van der Waals surface area contributed by atoms with Crippen LogP contribution in [0, 0.1) is 0 Å². The van der Waals surface area contributed by atoms with Crippen LogP contribution in [0.3, 0.4) is 0 Å². The van der Waals surface area contributed by atoms with Crippen molar-refractivity contribution in [1.82, 2.24) is 10.6 Å². The van der Waals surface area contributed by atoms with Gasteiger partial charge in [0.25, 0.3) is 0 Å². The molecule has 2 aromatic carbocycles. The average Bonchev–Trinajstić information content (AvgIpc) is 2.67. The Morgan fingerprint density at radius 2 is 1.63 bits per heavy atom. The molecular formula is C19H22F3N3O2. The first-order valence-corrected chi connectivity index (χ1v) is 8.19. The fourth-order valence-electron chi connectivity index (χ4n) is 2.47. The molecule has 0 amide bonds. The number of halogens is 3. The van der Waals surface area contributed by atoms with Gasteiger partial charge in [0.2, 0.25) is 0 Å². The summed E-state index contributed by atoms with van der Waals surface area (Å²) in [5, 5.41) is 5.97. The van der Waals surface area contributed by atoms with Gasteiger partial charge in [-0.3, -0.25) is 4.99 Å². The molecule has 0 aliphatic heterocycles. The van der Waals surface area contributed by atoms with Crippen molar-refractivity contribution in [2.45, 2.75) is 19.3 Å². The van der Waals surface area contributed by atoms with E-state index in [0.29, 0.717) is 12.5 Å². The summed E-state index contributed by atoms with van der Waals surface area (Å²) in [7, 11) is 4.47. The molecule has 8 heteroatoms. The zero-order valence-electron chi connectivity index (χ0n) is 15.4. The van der Waals surface area contributed by atoms with Crippen LogP contribution in [0.15, 0.2) is 47.5 Å². The molecule has 0 saturated heterocycles. The maximum atomic E-state index is 13.3. The number of alkyl halides is 3. The largest absolute Gasteiger partial charge is 0.497 e. The highest BCUT2D eigenvalue weighted by molar-refractivity contribution is 5.79. The van der Waals surface area contributed by atoms with Crippen LogP contribution in [0.5, 0.6) is 11.5 Å². The minimum absolute atomic E-state index is 0.0311. The number of nitrogens with one attached hydrogen (secondary N) is 2. The molecule has 2 N–H and O–H groups in total. The molecular weight excluding hydrogens is 359 g/mol. The van der Waals surface area contributed by atoms with Crippen molar-refractivity contribution in [2.24, 2.45) is 4.99 Å². The summed E-state index contributed by atoms with van der Waals surface area (Å²) in [6.45, 7) is 0.419. The highest BCUT2D eigenvalue weighted by Crippen LogP contribution is 2.34. The number of nitrogens with zero attached hydrogens (tertiary/aromatic N) is 1. The molecule has 2 rings (SSSR count). The molecule has 0 aromatic heterocycles. The Balaban J connectivity index is 2.03. The van der Waals surface area contributed by atoms with E-state index < -0.39 is 11.7 Å². The number of hydrogen-bond acceptors (Lipinski definition) is 3. The molecule has 2 aromatic rings. The van der Waals surface area contributed by atoms with Crippen molar-refractivity contribution in [3.05, 3.63) is 59.2 Å². The monoisotopic (exact) mass is 381 g/mol. The Bertz CT molecular complexity index is 792. The molecule has 0 aliphatic carbocycles. The number of methoxy groups -OCH3 is 2. The second-order valence-electron chi connectivity index (χ2n) is 5.65. The van der Waals surface area contributed by atoms with Crippen LogP contribution < -0.4 is 20.1 Å². The van der Waals surface area contributed by atoms with Gasteiger partial charge in [0.05, 0.1) is 19.8 Å². The summed E-state index contributed by atoms with van der Waals surface area (Å²) in [4.78, 5) is 4.04. The lowest BCUT2D eigenvalue weighted by molar-refractivity contribution is -0.138. The van der Waals surface area contributed by atoms with Gasteiger partial charge in [-0.15, -0.1) is 0 Å². The molecule has 146 valence electrons. The minimum Gasteiger partial charge on any atom is -0.497 e. The van der Waals surface area contributed by atoms with Gasteiger partial charge in [-0.05, 0) is 35.4 Å². The van der Waals surface area contributed by atoms with Crippen molar-refractivity contribution >= 4 is 5.96 Å². The van der Waals surface area contributed by atoms with Crippen molar-refractivity contribution in [3.8, 4) is 11.5 Å². The van der Waals surface area contributed by atoms with E-state index in [9.17, 15) is 13.2 Å². The fourth-order valence-corrected chi connectivity index (χ4v) is 2.47. The summed E-state index contributed by atoms with van der Waals surface area (Å²) >= 11 is 0. The van der Waals surface area contributed by atoms with Gasteiger partial charge in [0.1, 0.15) is 11.5 Å². The third kappa shape index (κ3) is 5.80. The third-order valence-corrected chi connectivity index (χ3v) is 3.89. The fraction of sp³-hybridized carbons (Fsp3) is 0.316. The van der Waals surface area contributed by atoms with Crippen LogP contribution in [0.25, 0.3) is 0 Å². The van der Waals surface area contributed by atoms with Crippen LogP contribution in [0.1, 0.15) is 16.7 Å². The SMILES string of the molecule is CN=C(NCc1cccc(OC)c1)NCc1ccc(OC)cc1C(F)(F)F. The second kappa shape index (κ2) is 9.16. The third-order valence-electron chi connectivity index (χ3n) is 3.89. The van der Waals surface area contributed by atoms with Gasteiger partial charge in [-0.2, -0.15) is 13.2 Å². The number of aliphatic imine (C=N–C) groups is 1. The summed E-state index contributed by atoms with van der Waals surface area (Å²) < 4.78 is 49.9. The van der Waals surface area contributed by atoms with E-state index in [-0.39, 0.29) is 17.9 Å². The summed E-state index contributed by atoms with van der Waals surface area (Å²) in [5.74, 6) is 1.28. The lowest BCUT2D eigenvalue weighted by Crippen LogP contribution is -2.36. The second-order valence-corrected chi connectivity index (χ2v) is 5.65. The molecule has 0 atom stereocenters. The van der Waals surface area contributed by atoms with Crippen LogP contribution in [-0.2, 0) is 19.3 Å². The first-order valence-electron chi connectivity index (χ1n) is 8.19. The van der Waals surface area contributed by atoms with Gasteiger partial charge in [-0.25, -0.2) is 0 Å². The Morgan fingerprint density at radius 1 is 0.963 bits per heavy atom. The molecule has 0 aliphatic rings. The molecule has 0 saturated carbocycles. The minimum atomic E-state index is -4.47. The molecule has 0 unspecified atom stereocenters. The number of hydrogen-bond donors (Lipinski definition) is 2. The van der Waals surface area contributed by atoms with E-state index >= 15 is 0 Å². The highest BCUT2D eigenvalue weighted by atomic mass is 19.4. The van der Waals surface area contributed by atoms with Crippen LogP contribution >= 0.6 is 0 Å². The van der Waals surface area contributed by atoms with E-state index in [4.69, 9.17) is 9.47 Å². The maximum Gasteiger partial charge on any atom is 0.416 e. The first kappa shape index (κ1) is 20.4. The molecule has 0 bridgehead atoms. The number of rotatable bonds is 6. The highest BCUT2D eigenvalue weighted by Gasteiger charge is 2.33. The molecule has 5 nitrogen and oxygen atoms in total. The smallest absolute Gasteiger partial charge is 0.416 e. The lowest BCUT2D eigenvalue weighted by atomic mass is 10.1. The van der Waals surface area contributed by atoms with E-state index in [1.165, 1.54) is 19.2 Å². The van der Waals surface area contributed by atoms with Crippen molar-refractivity contribution < 1.29 is 22.6 Å². The van der Waals surface area contributed by atoms with Gasteiger partial charge in [0, 0.05) is 20.1 Å². The topological polar surface area (TPSA) is 54.9 Å². The Morgan fingerprint density at radius 3 is 2.26 bits per heavy atom. The van der Waals surface area contributed by atoms with E-state index in [0.717, 1.165) is 17.4 Å². The summed E-state index contributed by atoms with van der Waals surface area (Å²) in [6, 6.07) is 11.4. The van der Waals surface area contributed by atoms with E-state index in [2.05, 4.69) is 15.6 Å². The van der Waals surface area contributed by atoms with Crippen LogP contribution in [0.2, 0.25) is 0 Å². The lowest BCUT2D eigenvalue weighted by Gasteiger charge is -2.17. The zero-order valence-corrected chi connectivity index (χ0v) is 15.4. The molecule has 0 fully saturated rings. The average molecular weight is 381 g/mol. The van der Waals surface area contributed by atoms with Gasteiger partial charge in [0.15, 0.2) is 5.96 Å². The van der Waals surface area contributed by atoms with Crippen LogP contribution in [-0.4, -0.2) is 27.2 Å². The van der Waals surface area contributed by atoms with Gasteiger partial charge >= 0.3 is 6.18 Å². The molecule has 0 radical (unpaired) electrons. The first-order chi connectivity index (χ1) is 12.9.